The lowest BCUT2D eigenvalue weighted by atomic mass is 10.0. The van der Waals surface area contributed by atoms with Crippen LogP contribution in [0.4, 0.5) is 5.69 Å². The number of benzene rings is 1. The van der Waals surface area contributed by atoms with E-state index < -0.39 is 10.0 Å². The number of para-hydroxylation sites is 1. The van der Waals surface area contributed by atoms with Gasteiger partial charge in [0, 0.05) is 38.1 Å². The van der Waals surface area contributed by atoms with Gasteiger partial charge in [-0.3, -0.25) is 9.10 Å². The van der Waals surface area contributed by atoms with Crippen molar-refractivity contribution in [1.82, 2.24) is 9.47 Å². The minimum Gasteiger partial charge on any atom is -0.378 e. The third kappa shape index (κ3) is 3.24. The summed E-state index contributed by atoms with van der Waals surface area (Å²) in [6.45, 7) is 5.88. The second-order valence-electron chi connectivity index (χ2n) is 7.65. The quantitative estimate of drug-likeness (QED) is 0.768. The molecule has 1 saturated heterocycles. The van der Waals surface area contributed by atoms with Crippen LogP contribution in [0, 0.1) is 13.8 Å². The van der Waals surface area contributed by atoms with Gasteiger partial charge in [0.05, 0.1) is 24.5 Å². The number of morpholine rings is 1. The standard InChI is InChI=1S/C21H27N3O4S/c1-15-19(21(25)23-11-13-28-14-12-23)20(16(2)22(15)3)29(26,27)24-10-6-8-17-7-4-5-9-18(17)24/h4-5,7,9H,6,8,10-14H2,1-3H3. The van der Waals surface area contributed by atoms with Crippen LogP contribution in [0.5, 0.6) is 0 Å². The van der Waals surface area contributed by atoms with Crippen molar-refractivity contribution in [2.24, 2.45) is 7.05 Å². The van der Waals surface area contributed by atoms with Gasteiger partial charge in [0.2, 0.25) is 0 Å². The van der Waals surface area contributed by atoms with Crippen LogP contribution in [0.3, 0.4) is 0 Å². The fourth-order valence-corrected chi connectivity index (χ4v) is 6.30. The molecule has 0 bridgehead atoms. The highest BCUT2D eigenvalue weighted by atomic mass is 32.2. The molecule has 1 aromatic heterocycles. The van der Waals surface area contributed by atoms with E-state index in [-0.39, 0.29) is 16.4 Å². The first-order chi connectivity index (χ1) is 13.8. The highest BCUT2D eigenvalue weighted by Crippen LogP contribution is 2.36. The van der Waals surface area contributed by atoms with Crippen LogP contribution in [0.15, 0.2) is 29.2 Å². The first-order valence-corrected chi connectivity index (χ1v) is 11.4. The SMILES string of the molecule is Cc1c(C(=O)N2CCOCC2)c(S(=O)(=O)N2CCCc3ccccc32)c(C)n1C. The van der Waals surface area contributed by atoms with Crippen LogP contribution in [0.2, 0.25) is 0 Å². The lowest BCUT2D eigenvalue weighted by Crippen LogP contribution is -2.42. The molecule has 1 fully saturated rings. The molecule has 7 nitrogen and oxygen atoms in total. The maximum Gasteiger partial charge on any atom is 0.266 e. The lowest BCUT2D eigenvalue weighted by molar-refractivity contribution is 0.0300. The Hall–Kier alpha value is -2.32. The average Bonchev–Trinajstić information content (AvgIpc) is 2.98. The van der Waals surface area contributed by atoms with E-state index in [9.17, 15) is 13.2 Å². The van der Waals surface area contributed by atoms with Crippen molar-refractivity contribution in [3.8, 4) is 0 Å². The Morgan fingerprint density at radius 2 is 1.72 bits per heavy atom. The summed E-state index contributed by atoms with van der Waals surface area (Å²) < 4.78 is 36.4. The Labute approximate surface area is 171 Å². The summed E-state index contributed by atoms with van der Waals surface area (Å²) in [5.41, 5.74) is 3.28. The zero-order valence-electron chi connectivity index (χ0n) is 17.1. The highest BCUT2D eigenvalue weighted by Gasteiger charge is 2.38. The van der Waals surface area contributed by atoms with Crippen molar-refractivity contribution in [1.29, 1.82) is 0 Å². The number of rotatable bonds is 3. The van der Waals surface area contributed by atoms with Crippen molar-refractivity contribution in [3.63, 3.8) is 0 Å². The smallest absolute Gasteiger partial charge is 0.266 e. The van der Waals surface area contributed by atoms with Gasteiger partial charge in [-0.25, -0.2) is 8.42 Å². The largest absolute Gasteiger partial charge is 0.378 e. The number of hydrogen-bond acceptors (Lipinski definition) is 4. The molecule has 2 aliphatic rings. The number of fused-ring (bicyclic) bond motifs is 1. The number of nitrogens with zero attached hydrogens (tertiary/aromatic N) is 3. The third-order valence-corrected chi connectivity index (χ3v) is 8.03. The fraction of sp³-hybridized carbons (Fsp3) is 0.476. The summed E-state index contributed by atoms with van der Waals surface area (Å²) in [7, 11) is -2.08. The molecule has 3 heterocycles. The van der Waals surface area contributed by atoms with E-state index in [1.54, 1.807) is 16.4 Å². The Morgan fingerprint density at radius 1 is 1.03 bits per heavy atom. The number of hydrogen-bond donors (Lipinski definition) is 0. The molecule has 0 atom stereocenters. The number of ether oxygens (including phenoxy) is 1. The number of carbonyl (C=O) groups is 1. The molecule has 0 aliphatic carbocycles. The summed E-state index contributed by atoms with van der Waals surface area (Å²) in [6, 6.07) is 7.61. The Kier molecular flexibility index (Phi) is 5.16. The van der Waals surface area contributed by atoms with E-state index in [1.165, 1.54) is 4.31 Å². The summed E-state index contributed by atoms with van der Waals surface area (Å²) >= 11 is 0. The first kappa shape index (κ1) is 20.0. The van der Waals surface area contributed by atoms with E-state index in [4.69, 9.17) is 4.74 Å². The highest BCUT2D eigenvalue weighted by molar-refractivity contribution is 7.93. The minimum atomic E-state index is -3.89. The van der Waals surface area contributed by atoms with E-state index in [0.717, 1.165) is 18.4 Å². The van der Waals surface area contributed by atoms with Gasteiger partial charge in [0.1, 0.15) is 4.90 Å². The molecule has 0 spiro atoms. The van der Waals surface area contributed by atoms with Gasteiger partial charge >= 0.3 is 0 Å². The fourth-order valence-electron chi connectivity index (χ4n) is 4.27. The molecule has 8 heteroatoms. The second-order valence-corrected chi connectivity index (χ2v) is 9.45. The van der Waals surface area contributed by atoms with Gasteiger partial charge in [0.25, 0.3) is 15.9 Å². The molecule has 0 N–H and O–H groups in total. The number of amides is 1. The molecule has 156 valence electrons. The van der Waals surface area contributed by atoms with E-state index in [1.807, 2.05) is 38.2 Å². The third-order valence-electron chi connectivity index (χ3n) is 6.05. The number of anilines is 1. The zero-order valence-corrected chi connectivity index (χ0v) is 18.0. The molecular weight excluding hydrogens is 390 g/mol. The first-order valence-electron chi connectivity index (χ1n) is 9.97. The molecular formula is C21H27N3O4S. The number of sulfonamides is 1. The average molecular weight is 418 g/mol. The maximum absolute atomic E-state index is 13.9. The van der Waals surface area contributed by atoms with Gasteiger partial charge < -0.3 is 14.2 Å². The number of carbonyl (C=O) groups excluding carboxylic acids is 1. The summed E-state index contributed by atoms with van der Waals surface area (Å²) in [5, 5.41) is 0. The number of aromatic nitrogens is 1. The predicted molar refractivity (Wildman–Crippen MR) is 111 cm³/mol. The molecule has 1 amide bonds. The molecule has 2 aliphatic heterocycles. The molecule has 29 heavy (non-hydrogen) atoms. The second kappa shape index (κ2) is 7.50. The Balaban J connectivity index is 1.85. The van der Waals surface area contributed by atoms with Gasteiger partial charge in [-0.1, -0.05) is 18.2 Å². The zero-order chi connectivity index (χ0) is 20.8. The normalized spacial score (nSPS) is 17.3. The lowest BCUT2D eigenvalue weighted by Gasteiger charge is -2.31. The summed E-state index contributed by atoms with van der Waals surface area (Å²) in [4.78, 5) is 15.2. The minimum absolute atomic E-state index is 0.130. The van der Waals surface area contributed by atoms with Crippen LogP contribution >= 0.6 is 0 Å². The summed E-state index contributed by atoms with van der Waals surface area (Å²) in [6.07, 6.45) is 1.61. The Morgan fingerprint density at radius 3 is 2.45 bits per heavy atom. The van der Waals surface area contributed by atoms with Crippen molar-refractivity contribution >= 4 is 21.6 Å². The van der Waals surface area contributed by atoms with Crippen LogP contribution < -0.4 is 4.31 Å². The van der Waals surface area contributed by atoms with Crippen LogP contribution in [-0.2, 0) is 28.2 Å². The van der Waals surface area contributed by atoms with E-state index in [2.05, 4.69) is 0 Å². The van der Waals surface area contributed by atoms with Gasteiger partial charge in [-0.2, -0.15) is 0 Å². The molecule has 0 radical (unpaired) electrons. The van der Waals surface area contributed by atoms with Crippen LogP contribution in [0.1, 0.15) is 33.7 Å². The summed E-state index contributed by atoms with van der Waals surface area (Å²) in [5.74, 6) is -0.238. The van der Waals surface area contributed by atoms with Crippen LogP contribution in [-0.4, -0.2) is 56.6 Å². The molecule has 0 unspecified atom stereocenters. The predicted octanol–water partition coefficient (Wildman–Crippen LogP) is 2.26. The molecule has 4 rings (SSSR count). The van der Waals surface area contributed by atoms with Crippen molar-refractivity contribution in [2.45, 2.75) is 31.6 Å². The maximum atomic E-state index is 13.9. The van der Waals surface area contributed by atoms with Crippen molar-refractivity contribution in [3.05, 3.63) is 46.8 Å². The van der Waals surface area contributed by atoms with Crippen LogP contribution in [0.25, 0.3) is 0 Å². The molecule has 1 aromatic carbocycles. The van der Waals surface area contributed by atoms with Gasteiger partial charge in [0.15, 0.2) is 0 Å². The molecule has 2 aromatic rings. The molecule has 0 saturated carbocycles. The Bertz CT molecular complexity index is 1050. The topological polar surface area (TPSA) is 71.8 Å². The van der Waals surface area contributed by atoms with Gasteiger partial charge in [-0.05, 0) is 38.3 Å². The van der Waals surface area contributed by atoms with Crippen molar-refractivity contribution < 1.29 is 17.9 Å². The monoisotopic (exact) mass is 417 g/mol. The van der Waals surface area contributed by atoms with Crippen molar-refractivity contribution in [2.75, 3.05) is 37.2 Å². The van der Waals surface area contributed by atoms with Gasteiger partial charge in [-0.15, -0.1) is 0 Å². The van der Waals surface area contributed by atoms with E-state index in [0.29, 0.717) is 49.9 Å². The van der Waals surface area contributed by atoms with E-state index >= 15 is 0 Å². The number of aryl methyl sites for hydroxylation is 1.